The van der Waals surface area contributed by atoms with Crippen molar-refractivity contribution >= 4 is 49.6 Å². The van der Waals surface area contributed by atoms with E-state index in [2.05, 4.69) is 49.6 Å². The molecule has 0 bridgehead atoms. The first kappa shape index (κ1) is 8.50. The molecule has 0 unspecified atom stereocenters. The summed E-state index contributed by atoms with van der Waals surface area (Å²) in [6.45, 7) is 0. The Balaban J connectivity index is 2.71. The second-order valence-corrected chi connectivity index (χ2v) is 4.14. The zero-order chi connectivity index (χ0) is 8.55. The molecule has 0 N–H and O–H groups in total. The molecule has 2 aromatic heterocycles. The lowest BCUT2D eigenvalue weighted by Crippen LogP contribution is -1.80. The fourth-order valence-electron chi connectivity index (χ4n) is 1.00. The van der Waals surface area contributed by atoms with Crippen molar-refractivity contribution in [2.24, 2.45) is 0 Å². The maximum absolute atomic E-state index is 5.21. The summed E-state index contributed by atoms with van der Waals surface area (Å²) < 4.78 is 6.32. The third-order valence-corrected chi connectivity index (χ3v) is 3.08. The summed E-state index contributed by atoms with van der Waals surface area (Å²) in [6.07, 6.45) is 3.53. The van der Waals surface area contributed by atoms with Crippen LogP contribution in [-0.4, -0.2) is 4.98 Å². The van der Waals surface area contributed by atoms with E-state index in [4.69, 9.17) is 4.42 Å². The van der Waals surface area contributed by atoms with Crippen LogP contribution < -0.4 is 0 Å². The molecule has 2 heterocycles. The van der Waals surface area contributed by atoms with Gasteiger partial charge in [0.15, 0.2) is 0 Å². The van der Waals surface area contributed by atoms with Crippen LogP contribution in [0.4, 0.5) is 0 Å². The minimum Gasteiger partial charge on any atom is -0.445 e. The molecule has 2 rings (SSSR count). The van der Waals surface area contributed by atoms with Gasteiger partial charge >= 0.3 is 0 Å². The summed E-state index contributed by atoms with van der Waals surface area (Å²) in [5.74, 6) is 0. The molecule has 0 aromatic carbocycles. The van der Waals surface area contributed by atoms with Crippen molar-refractivity contribution in [3.63, 3.8) is 0 Å². The maximum atomic E-state index is 5.21. The summed E-state index contributed by atoms with van der Waals surface area (Å²) in [6, 6.07) is 2.09. The number of pyridine rings is 1. The third-order valence-electron chi connectivity index (χ3n) is 1.59. The Morgan fingerprint density at radius 1 is 1.58 bits per heavy atom. The van der Waals surface area contributed by atoms with E-state index in [0.717, 1.165) is 14.3 Å². The molecular formula is C8H5BrINO. The van der Waals surface area contributed by atoms with Gasteiger partial charge in [0, 0.05) is 11.5 Å². The Labute approximate surface area is 91.6 Å². The highest BCUT2D eigenvalue weighted by atomic mass is 127. The Bertz CT molecular complexity index is 412. The number of nitrogens with zero attached hydrogens (tertiary/aromatic N) is 1. The summed E-state index contributed by atoms with van der Waals surface area (Å²) >= 11 is 5.62. The number of alkyl halides is 1. The monoisotopic (exact) mass is 337 g/mol. The topological polar surface area (TPSA) is 26.0 Å². The molecule has 0 aliphatic heterocycles. The van der Waals surface area contributed by atoms with Crippen molar-refractivity contribution in [2.45, 2.75) is 5.33 Å². The molecule has 0 fully saturated rings. The van der Waals surface area contributed by atoms with E-state index in [1.165, 1.54) is 5.56 Å². The van der Waals surface area contributed by atoms with Gasteiger partial charge in [-0.1, -0.05) is 15.9 Å². The van der Waals surface area contributed by atoms with Crippen molar-refractivity contribution < 1.29 is 4.42 Å². The lowest BCUT2D eigenvalue weighted by molar-refractivity contribution is 0.601. The van der Waals surface area contributed by atoms with Gasteiger partial charge in [-0.25, -0.2) is 4.98 Å². The highest BCUT2D eigenvalue weighted by Crippen LogP contribution is 2.22. The van der Waals surface area contributed by atoms with Crippen molar-refractivity contribution in [1.82, 2.24) is 4.98 Å². The van der Waals surface area contributed by atoms with Gasteiger partial charge in [0.2, 0.25) is 5.71 Å². The molecule has 12 heavy (non-hydrogen) atoms. The van der Waals surface area contributed by atoms with Crippen molar-refractivity contribution in [1.29, 1.82) is 0 Å². The first-order valence-corrected chi connectivity index (χ1v) is 5.59. The van der Waals surface area contributed by atoms with Crippen LogP contribution in [0.3, 0.4) is 0 Å². The Morgan fingerprint density at radius 2 is 2.42 bits per heavy atom. The Morgan fingerprint density at radius 3 is 3.17 bits per heavy atom. The van der Waals surface area contributed by atoms with E-state index in [1.54, 1.807) is 6.26 Å². The van der Waals surface area contributed by atoms with Crippen LogP contribution >= 0.6 is 38.5 Å². The van der Waals surface area contributed by atoms with E-state index in [1.807, 2.05) is 6.20 Å². The van der Waals surface area contributed by atoms with E-state index in [-0.39, 0.29) is 0 Å². The van der Waals surface area contributed by atoms with Crippen LogP contribution in [0.25, 0.3) is 11.1 Å². The first-order valence-electron chi connectivity index (χ1n) is 3.39. The molecule has 62 valence electrons. The van der Waals surface area contributed by atoms with E-state index in [9.17, 15) is 0 Å². The molecule has 2 nitrogen and oxygen atoms in total. The molecule has 0 aliphatic rings. The van der Waals surface area contributed by atoms with E-state index < -0.39 is 0 Å². The predicted octanol–water partition coefficient (Wildman–Crippen LogP) is 3.33. The molecular weight excluding hydrogens is 333 g/mol. The maximum Gasteiger partial charge on any atom is 0.226 e. The lowest BCUT2D eigenvalue weighted by atomic mass is 10.2. The van der Waals surface area contributed by atoms with Crippen LogP contribution in [0.2, 0.25) is 0 Å². The average molecular weight is 338 g/mol. The van der Waals surface area contributed by atoms with Gasteiger partial charge in [0.1, 0.15) is 6.26 Å². The van der Waals surface area contributed by atoms with Gasteiger partial charge in [-0.3, -0.25) is 0 Å². The van der Waals surface area contributed by atoms with E-state index in [0.29, 0.717) is 5.71 Å². The number of fused-ring (bicyclic) bond motifs is 1. The smallest absolute Gasteiger partial charge is 0.226 e. The van der Waals surface area contributed by atoms with Crippen LogP contribution in [0.1, 0.15) is 5.56 Å². The van der Waals surface area contributed by atoms with Crippen LogP contribution in [0.5, 0.6) is 0 Å². The van der Waals surface area contributed by atoms with Crippen LogP contribution in [0, 0.1) is 3.57 Å². The zero-order valence-electron chi connectivity index (χ0n) is 6.05. The number of hydrogen-bond acceptors (Lipinski definition) is 2. The van der Waals surface area contributed by atoms with Crippen molar-refractivity contribution in [2.75, 3.05) is 0 Å². The fourth-order valence-corrected chi connectivity index (χ4v) is 1.82. The second-order valence-electron chi connectivity index (χ2n) is 2.41. The second kappa shape index (κ2) is 3.33. The van der Waals surface area contributed by atoms with Crippen LogP contribution in [-0.2, 0) is 5.33 Å². The molecule has 0 aliphatic carbocycles. The lowest BCUT2D eigenvalue weighted by Gasteiger charge is -1.93. The number of hydrogen-bond donors (Lipinski definition) is 0. The number of rotatable bonds is 1. The molecule has 2 aromatic rings. The molecule has 0 spiro atoms. The molecule has 0 saturated carbocycles. The number of aromatic nitrogens is 1. The molecule has 0 amide bonds. The van der Waals surface area contributed by atoms with Gasteiger partial charge < -0.3 is 4.42 Å². The van der Waals surface area contributed by atoms with Crippen molar-refractivity contribution in [3.05, 3.63) is 27.7 Å². The summed E-state index contributed by atoms with van der Waals surface area (Å²) in [4.78, 5) is 4.17. The number of halogens is 2. The highest BCUT2D eigenvalue weighted by Gasteiger charge is 2.04. The predicted molar refractivity (Wildman–Crippen MR) is 59.4 cm³/mol. The minimum atomic E-state index is 0.712. The average Bonchev–Trinajstić information content (AvgIpc) is 2.47. The van der Waals surface area contributed by atoms with Gasteiger partial charge in [-0.15, -0.1) is 0 Å². The highest BCUT2D eigenvalue weighted by molar-refractivity contribution is 14.1. The Kier molecular flexibility index (Phi) is 2.36. The Hall–Kier alpha value is -0.100. The van der Waals surface area contributed by atoms with Crippen LogP contribution in [0.15, 0.2) is 22.9 Å². The molecule has 0 radical (unpaired) electrons. The SMILES string of the molecule is BrCc1cnc2occ(I)c2c1. The van der Waals surface area contributed by atoms with Gasteiger partial charge in [-0.05, 0) is 34.2 Å². The van der Waals surface area contributed by atoms with Gasteiger partial charge in [-0.2, -0.15) is 0 Å². The van der Waals surface area contributed by atoms with Crippen molar-refractivity contribution in [3.8, 4) is 0 Å². The fraction of sp³-hybridized carbons (Fsp3) is 0.125. The normalized spacial score (nSPS) is 10.8. The zero-order valence-corrected chi connectivity index (χ0v) is 9.79. The van der Waals surface area contributed by atoms with E-state index >= 15 is 0 Å². The van der Waals surface area contributed by atoms with Gasteiger partial charge in [0.05, 0.1) is 8.96 Å². The summed E-state index contributed by atoms with van der Waals surface area (Å²) in [7, 11) is 0. The molecule has 0 saturated heterocycles. The third kappa shape index (κ3) is 1.37. The molecule has 0 atom stereocenters. The summed E-state index contributed by atoms with van der Waals surface area (Å²) in [5, 5.41) is 1.92. The number of furan rings is 1. The molecule has 4 heteroatoms. The largest absolute Gasteiger partial charge is 0.445 e. The minimum absolute atomic E-state index is 0.712. The first-order chi connectivity index (χ1) is 5.81. The van der Waals surface area contributed by atoms with Gasteiger partial charge in [0.25, 0.3) is 0 Å². The summed E-state index contributed by atoms with van der Waals surface area (Å²) in [5.41, 5.74) is 1.88. The standard InChI is InChI=1S/C8H5BrINO/c9-2-5-1-6-7(10)4-12-8(6)11-3-5/h1,3-4H,2H2. The quantitative estimate of drug-likeness (QED) is 0.589.